The van der Waals surface area contributed by atoms with Crippen LogP contribution in [0.15, 0.2) is 30.6 Å². The van der Waals surface area contributed by atoms with Gasteiger partial charge in [0, 0.05) is 24.4 Å². The molecule has 136 valence electrons. The van der Waals surface area contributed by atoms with E-state index in [4.69, 9.17) is 4.74 Å². The van der Waals surface area contributed by atoms with Gasteiger partial charge < -0.3 is 15.4 Å². The molecular formula is C17H19N5O4. The van der Waals surface area contributed by atoms with E-state index in [9.17, 15) is 14.9 Å². The van der Waals surface area contributed by atoms with Crippen molar-refractivity contribution in [1.82, 2.24) is 9.97 Å². The summed E-state index contributed by atoms with van der Waals surface area (Å²) in [6, 6.07) is 6.63. The Bertz CT molecular complexity index is 803. The number of nitrogens with one attached hydrogen (secondary N) is 2. The van der Waals surface area contributed by atoms with E-state index in [2.05, 4.69) is 20.6 Å². The molecule has 1 aromatic heterocycles. The molecule has 1 fully saturated rings. The highest BCUT2D eigenvalue weighted by Gasteiger charge is 2.24. The lowest BCUT2D eigenvalue weighted by atomic mass is 10.1. The fourth-order valence-electron chi connectivity index (χ4n) is 2.71. The number of nitro groups is 1. The predicted octanol–water partition coefficient (Wildman–Crippen LogP) is 2.92. The molecule has 2 aromatic rings. The molecule has 1 aliphatic rings. The van der Waals surface area contributed by atoms with Crippen LogP contribution in [-0.4, -0.2) is 39.9 Å². The average Bonchev–Trinajstić information content (AvgIpc) is 3.14. The number of benzene rings is 1. The van der Waals surface area contributed by atoms with Crippen LogP contribution in [0.3, 0.4) is 0 Å². The number of hydrogen-bond donors (Lipinski definition) is 2. The highest BCUT2D eigenvalue weighted by Crippen LogP contribution is 2.31. The Morgan fingerprint density at radius 3 is 2.65 bits per heavy atom. The van der Waals surface area contributed by atoms with Crippen LogP contribution >= 0.6 is 0 Å². The van der Waals surface area contributed by atoms with Crippen molar-refractivity contribution in [2.24, 2.45) is 0 Å². The van der Waals surface area contributed by atoms with Crippen molar-refractivity contribution in [2.75, 3.05) is 23.8 Å². The lowest BCUT2D eigenvalue weighted by Gasteiger charge is -2.13. The maximum atomic E-state index is 11.5. The molecule has 0 radical (unpaired) electrons. The second-order valence-corrected chi connectivity index (χ2v) is 5.95. The zero-order valence-corrected chi connectivity index (χ0v) is 14.3. The monoisotopic (exact) mass is 357 g/mol. The summed E-state index contributed by atoms with van der Waals surface area (Å²) in [4.78, 5) is 30.3. The third-order valence-electron chi connectivity index (χ3n) is 4.08. The summed E-state index contributed by atoms with van der Waals surface area (Å²) in [5.74, 6) is 0.170. The summed E-state index contributed by atoms with van der Waals surface area (Å²) in [5, 5.41) is 17.4. The van der Waals surface area contributed by atoms with Crippen molar-refractivity contribution in [2.45, 2.75) is 25.9 Å². The minimum Gasteiger partial charge on any atom is -0.376 e. The fourth-order valence-corrected chi connectivity index (χ4v) is 2.71. The number of ether oxygens (including phenoxy) is 1. The lowest BCUT2D eigenvalue weighted by molar-refractivity contribution is -0.383. The molecule has 9 heteroatoms. The van der Waals surface area contributed by atoms with Gasteiger partial charge in [-0.2, -0.15) is 0 Å². The van der Waals surface area contributed by atoms with Gasteiger partial charge >= 0.3 is 5.69 Å². The molecule has 9 nitrogen and oxygen atoms in total. The summed E-state index contributed by atoms with van der Waals surface area (Å²) in [6.07, 6.45) is 3.19. The van der Waals surface area contributed by atoms with Crippen LogP contribution in [0.4, 0.5) is 23.0 Å². The highest BCUT2D eigenvalue weighted by molar-refractivity contribution is 5.94. The number of Topliss-reactive ketones (excluding diaryl/α,β-unsaturated/α-hetero) is 1. The van der Waals surface area contributed by atoms with Crippen molar-refractivity contribution in [3.63, 3.8) is 0 Å². The molecule has 3 rings (SSSR count). The minimum absolute atomic E-state index is 0.0279. The molecule has 1 saturated heterocycles. The third-order valence-corrected chi connectivity index (χ3v) is 4.08. The first-order chi connectivity index (χ1) is 12.5. The molecule has 26 heavy (non-hydrogen) atoms. The number of nitrogens with zero attached hydrogens (tertiary/aromatic N) is 3. The van der Waals surface area contributed by atoms with Crippen molar-refractivity contribution in [1.29, 1.82) is 0 Å². The Morgan fingerprint density at radius 1 is 1.31 bits per heavy atom. The van der Waals surface area contributed by atoms with E-state index in [1.807, 2.05) is 0 Å². The van der Waals surface area contributed by atoms with E-state index in [0.717, 1.165) is 12.8 Å². The molecule has 1 aromatic carbocycles. The van der Waals surface area contributed by atoms with Crippen LogP contribution in [-0.2, 0) is 4.74 Å². The maximum Gasteiger partial charge on any atom is 0.353 e. The molecule has 0 spiro atoms. The molecule has 0 amide bonds. The molecule has 1 unspecified atom stereocenters. The summed E-state index contributed by atoms with van der Waals surface area (Å²) < 4.78 is 5.51. The minimum atomic E-state index is -0.524. The first kappa shape index (κ1) is 17.7. The van der Waals surface area contributed by atoms with Crippen molar-refractivity contribution in [3.05, 3.63) is 46.3 Å². The van der Waals surface area contributed by atoms with E-state index >= 15 is 0 Å². The summed E-state index contributed by atoms with van der Waals surface area (Å²) in [7, 11) is 0. The second-order valence-electron chi connectivity index (χ2n) is 5.95. The topological polar surface area (TPSA) is 119 Å². The van der Waals surface area contributed by atoms with Crippen LogP contribution in [0.5, 0.6) is 0 Å². The van der Waals surface area contributed by atoms with Gasteiger partial charge in [0.05, 0.1) is 11.0 Å². The number of rotatable bonds is 7. The quantitative estimate of drug-likeness (QED) is 0.441. The number of ketones is 1. The van der Waals surface area contributed by atoms with E-state index in [-0.39, 0.29) is 29.2 Å². The van der Waals surface area contributed by atoms with Gasteiger partial charge in [0.2, 0.25) is 11.6 Å². The second kappa shape index (κ2) is 7.87. The van der Waals surface area contributed by atoms with Crippen LogP contribution < -0.4 is 10.6 Å². The maximum absolute atomic E-state index is 11.5. The van der Waals surface area contributed by atoms with E-state index < -0.39 is 4.92 Å². The molecule has 0 bridgehead atoms. The predicted molar refractivity (Wildman–Crippen MR) is 95.9 cm³/mol. The molecule has 2 N–H and O–H groups in total. The number of aromatic nitrogens is 2. The van der Waals surface area contributed by atoms with Crippen LogP contribution in [0.25, 0.3) is 0 Å². The first-order valence-corrected chi connectivity index (χ1v) is 8.27. The zero-order valence-electron chi connectivity index (χ0n) is 14.3. The fraction of sp³-hybridized carbons (Fsp3) is 0.353. The van der Waals surface area contributed by atoms with Gasteiger partial charge in [-0.05, 0) is 44.0 Å². The largest absolute Gasteiger partial charge is 0.376 e. The lowest BCUT2D eigenvalue weighted by Crippen LogP contribution is -2.20. The Labute approximate surface area is 150 Å². The zero-order chi connectivity index (χ0) is 18.5. The van der Waals surface area contributed by atoms with Crippen molar-refractivity contribution < 1.29 is 14.5 Å². The Morgan fingerprint density at radius 2 is 2.04 bits per heavy atom. The average molecular weight is 357 g/mol. The van der Waals surface area contributed by atoms with Gasteiger partial charge in [0.1, 0.15) is 6.33 Å². The Hall–Kier alpha value is -3.07. The molecule has 1 aliphatic heterocycles. The normalized spacial score (nSPS) is 16.3. The smallest absolute Gasteiger partial charge is 0.353 e. The van der Waals surface area contributed by atoms with Crippen molar-refractivity contribution >= 4 is 28.8 Å². The van der Waals surface area contributed by atoms with Gasteiger partial charge in [0.15, 0.2) is 5.78 Å². The molecule has 2 heterocycles. The first-order valence-electron chi connectivity index (χ1n) is 8.27. The van der Waals surface area contributed by atoms with Gasteiger partial charge in [-0.25, -0.2) is 9.97 Å². The standard InChI is InChI=1S/C17H19N5O4/c1-11(23)12-4-6-13(7-5-12)21-17-15(22(24)25)16(19-10-20-17)18-9-14-3-2-8-26-14/h4-7,10,14H,2-3,8-9H2,1H3,(H2,18,19,20,21). The van der Waals surface area contributed by atoms with Gasteiger partial charge in [-0.3, -0.25) is 14.9 Å². The van der Waals surface area contributed by atoms with Crippen LogP contribution in [0, 0.1) is 10.1 Å². The van der Waals surface area contributed by atoms with E-state index in [1.165, 1.54) is 13.3 Å². The highest BCUT2D eigenvalue weighted by atomic mass is 16.6. The Balaban J connectivity index is 1.80. The number of carbonyl (C=O) groups excluding carboxylic acids is 1. The molecule has 0 aliphatic carbocycles. The molecular weight excluding hydrogens is 338 g/mol. The Kier molecular flexibility index (Phi) is 5.37. The number of anilines is 3. The molecule has 0 saturated carbocycles. The van der Waals surface area contributed by atoms with Gasteiger partial charge in [0.25, 0.3) is 0 Å². The van der Waals surface area contributed by atoms with E-state index in [0.29, 0.717) is 24.4 Å². The van der Waals surface area contributed by atoms with Crippen LogP contribution in [0.1, 0.15) is 30.1 Å². The van der Waals surface area contributed by atoms with E-state index in [1.54, 1.807) is 24.3 Å². The SMILES string of the molecule is CC(=O)c1ccc(Nc2ncnc(NCC3CCCO3)c2[N+](=O)[O-])cc1. The van der Waals surface area contributed by atoms with Gasteiger partial charge in [-0.1, -0.05) is 0 Å². The summed E-state index contributed by atoms with van der Waals surface area (Å²) >= 11 is 0. The third kappa shape index (κ3) is 4.12. The summed E-state index contributed by atoms with van der Waals surface area (Å²) in [6.45, 7) is 2.63. The van der Waals surface area contributed by atoms with Gasteiger partial charge in [-0.15, -0.1) is 0 Å². The number of hydrogen-bond acceptors (Lipinski definition) is 8. The van der Waals surface area contributed by atoms with Crippen molar-refractivity contribution in [3.8, 4) is 0 Å². The summed E-state index contributed by atoms with van der Waals surface area (Å²) in [5.41, 5.74) is 0.912. The molecule has 1 atom stereocenters. The van der Waals surface area contributed by atoms with Crippen LogP contribution in [0.2, 0.25) is 0 Å². The number of carbonyl (C=O) groups is 1.